The van der Waals surface area contributed by atoms with Crippen LogP contribution >= 0.6 is 0 Å². The van der Waals surface area contributed by atoms with Crippen LogP contribution in [0.25, 0.3) is 0 Å². The smallest absolute Gasteiger partial charge is 0.405 e. The normalized spacial score (nSPS) is 30.6. The molecule has 0 bridgehead atoms. The highest BCUT2D eigenvalue weighted by atomic mass is 16.4. The minimum absolute atomic E-state index is 0.159. The van der Waals surface area contributed by atoms with E-state index in [0.29, 0.717) is 6.42 Å². The van der Waals surface area contributed by atoms with E-state index in [4.69, 9.17) is 10.2 Å². The Labute approximate surface area is 87.7 Å². The molecule has 86 valence electrons. The fraction of sp³-hybridized carbons (Fsp3) is 0.778. The average Bonchev–Trinajstić information content (AvgIpc) is 1.99. The summed E-state index contributed by atoms with van der Waals surface area (Å²) in [6.07, 6.45) is 0.723. The third-order valence-corrected chi connectivity index (χ3v) is 2.71. The third-order valence-electron chi connectivity index (χ3n) is 2.71. The molecule has 1 aliphatic carbocycles. The van der Waals surface area contributed by atoms with Crippen molar-refractivity contribution in [3.8, 4) is 0 Å². The van der Waals surface area contributed by atoms with Gasteiger partial charge in [0.05, 0.1) is 0 Å². The van der Waals surface area contributed by atoms with Crippen LogP contribution in [0.5, 0.6) is 0 Å². The maximum atomic E-state index is 10.6. The molecule has 0 radical (unpaired) electrons. The summed E-state index contributed by atoms with van der Waals surface area (Å²) in [6.45, 7) is 1.80. The van der Waals surface area contributed by atoms with Crippen molar-refractivity contribution < 1.29 is 19.8 Å². The Morgan fingerprint density at radius 3 is 2.53 bits per heavy atom. The van der Waals surface area contributed by atoms with Crippen molar-refractivity contribution in [1.82, 2.24) is 10.6 Å². The van der Waals surface area contributed by atoms with Crippen LogP contribution in [0.4, 0.5) is 9.59 Å². The number of hydrogen-bond donors (Lipinski definition) is 4. The highest BCUT2D eigenvalue weighted by Crippen LogP contribution is 2.27. The molecule has 2 atom stereocenters. The SMILES string of the molecule is C[C@]1(NC(=O)O)CCC[C@@H](NC(=O)O)C1. The van der Waals surface area contributed by atoms with Crippen LogP contribution in [0.15, 0.2) is 0 Å². The third kappa shape index (κ3) is 3.65. The predicted molar refractivity (Wildman–Crippen MR) is 53.0 cm³/mol. The van der Waals surface area contributed by atoms with Crippen molar-refractivity contribution in [3.63, 3.8) is 0 Å². The van der Waals surface area contributed by atoms with Crippen LogP contribution in [0.2, 0.25) is 0 Å². The van der Waals surface area contributed by atoms with Crippen LogP contribution in [0.1, 0.15) is 32.6 Å². The molecule has 0 saturated heterocycles. The molecule has 4 N–H and O–H groups in total. The van der Waals surface area contributed by atoms with E-state index in [1.54, 1.807) is 6.92 Å². The zero-order valence-corrected chi connectivity index (χ0v) is 8.62. The Balaban J connectivity index is 2.54. The molecule has 0 aromatic carbocycles. The van der Waals surface area contributed by atoms with Gasteiger partial charge in [0.25, 0.3) is 0 Å². The van der Waals surface area contributed by atoms with Gasteiger partial charge in [-0.2, -0.15) is 0 Å². The molecule has 0 spiro atoms. The number of carbonyl (C=O) groups is 2. The molecule has 0 heterocycles. The van der Waals surface area contributed by atoms with Gasteiger partial charge >= 0.3 is 12.2 Å². The lowest BCUT2D eigenvalue weighted by atomic mass is 9.80. The first-order valence-electron chi connectivity index (χ1n) is 4.92. The van der Waals surface area contributed by atoms with Gasteiger partial charge < -0.3 is 20.8 Å². The molecule has 1 fully saturated rings. The zero-order valence-electron chi connectivity index (χ0n) is 8.62. The Morgan fingerprint density at radius 2 is 2.00 bits per heavy atom. The van der Waals surface area contributed by atoms with E-state index in [-0.39, 0.29) is 6.04 Å². The monoisotopic (exact) mass is 216 g/mol. The molecule has 15 heavy (non-hydrogen) atoms. The van der Waals surface area contributed by atoms with Crippen LogP contribution < -0.4 is 10.6 Å². The van der Waals surface area contributed by atoms with Crippen molar-refractivity contribution in [2.24, 2.45) is 0 Å². The molecular formula is C9H16N2O4. The van der Waals surface area contributed by atoms with Crippen LogP contribution in [-0.2, 0) is 0 Å². The highest BCUT2D eigenvalue weighted by Gasteiger charge is 2.34. The number of hydrogen-bond acceptors (Lipinski definition) is 2. The zero-order chi connectivity index (χ0) is 11.5. The molecule has 1 saturated carbocycles. The quantitative estimate of drug-likeness (QED) is 0.557. The van der Waals surface area contributed by atoms with Gasteiger partial charge in [0, 0.05) is 11.6 Å². The minimum atomic E-state index is -1.06. The largest absolute Gasteiger partial charge is 0.465 e. The van der Waals surface area contributed by atoms with Gasteiger partial charge in [-0.1, -0.05) is 0 Å². The Bertz CT molecular complexity index is 269. The first-order valence-corrected chi connectivity index (χ1v) is 4.92. The predicted octanol–water partition coefficient (Wildman–Crippen LogP) is 1.22. The Kier molecular flexibility index (Phi) is 3.39. The second-order valence-corrected chi connectivity index (χ2v) is 4.23. The van der Waals surface area contributed by atoms with E-state index in [0.717, 1.165) is 19.3 Å². The second-order valence-electron chi connectivity index (χ2n) is 4.23. The summed E-state index contributed by atoms with van der Waals surface area (Å²) in [4.78, 5) is 21.0. The summed E-state index contributed by atoms with van der Waals surface area (Å²) in [5, 5.41) is 22.1. The lowest BCUT2D eigenvalue weighted by Gasteiger charge is -2.37. The lowest BCUT2D eigenvalue weighted by Crippen LogP contribution is -2.53. The van der Waals surface area contributed by atoms with Crippen molar-refractivity contribution in [2.45, 2.75) is 44.2 Å². The number of carboxylic acid groups (broad SMARTS) is 2. The summed E-state index contributed by atoms with van der Waals surface area (Å²) in [6, 6.07) is -0.159. The van der Waals surface area contributed by atoms with E-state index in [1.165, 1.54) is 0 Å². The fourth-order valence-electron chi connectivity index (χ4n) is 2.16. The second kappa shape index (κ2) is 4.37. The molecule has 1 aliphatic rings. The van der Waals surface area contributed by atoms with E-state index in [1.807, 2.05) is 0 Å². The van der Waals surface area contributed by atoms with Gasteiger partial charge in [-0.15, -0.1) is 0 Å². The maximum absolute atomic E-state index is 10.6. The summed E-state index contributed by atoms with van der Waals surface area (Å²) >= 11 is 0. The summed E-state index contributed by atoms with van der Waals surface area (Å²) in [5.74, 6) is 0. The van der Waals surface area contributed by atoms with Crippen molar-refractivity contribution in [2.75, 3.05) is 0 Å². The van der Waals surface area contributed by atoms with Gasteiger partial charge in [0.1, 0.15) is 0 Å². The Hall–Kier alpha value is -1.46. The average molecular weight is 216 g/mol. The maximum Gasteiger partial charge on any atom is 0.405 e. The van der Waals surface area contributed by atoms with Crippen molar-refractivity contribution >= 4 is 12.2 Å². The van der Waals surface area contributed by atoms with Crippen LogP contribution in [-0.4, -0.2) is 34.0 Å². The number of amides is 2. The first kappa shape index (κ1) is 11.6. The van der Waals surface area contributed by atoms with Gasteiger partial charge in [-0.05, 0) is 32.6 Å². The van der Waals surface area contributed by atoms with E-state index >= 15 is 0 Å². The van der Waals surface area contributed by atoms with E-state index < -0.39 is 17.7 Å². The molecule has 6 nitrogen and oxygen atoms in total. The summed E-state index contributed by atoms with van der Waals surface area (Å²) in [7, 11) is 0. The molecule has 0 aliphatic heterocycles. The lowest BCUT2D eigenvalue weighted by molar-refractivity contribution is 0.154. The highest BCUT2D eigenvalue weighted by molar-refractivity contribution is 5.66. The number of rotatable bonds is 2. The molecule has 0 unspecified atom stereocenters. The van der Waals surface area contributed by atoms with Gasteiger partial charge in [-0.3, -0.25) is 0 Å². The van der Waals surface area contributed by atoms with Gasteiger partial charge in [0.2, 0.25) is 0 Å². The summed E-state index contributed by atoms with van der Waals surface area (Å²) < 4.78 is 0. The topological polar surface area (TPSA) is 98.7 Å². The van der Waals surface area contributed by atoms with Crippen molar-refractivity contribution in [1.29, 1.82) is 0 Å². The fourth-order valence-corrected chi connectivity index (χ4v) is 2.16. The molecule has 0 aromatic heterocycles. The van der Waals surface area contributed by atoms with Crippen LogP contribution in [0.3, 0.4) is 0 Å². The van der Waals surface area contributed by atoms with Crippen LogP contribution in [0, 0.1) is 0 Å². The van der Waals surface area contributed by atoms with E-state index in [9.17, 15) is 9.59 Å². The van der Waals surface area contributed by atoms with Crippen molar-refractivity contribution in [3.05, 3.63) is 0 Å². The standard InChI is InChI=1S/C9H16N2O4/c1-9(11-8(14)15)4-2-3-6(5-9)10-7(12)13/h6,10-11H,2-5H2,1H3,(H,12,13)(H,14,15)/t6-,9+/m1/s1. The van der Waals surface area contributed by atoms with E-state index in [2.05, 4.69) is 10.6 Å². The van der Waals surface area contributed by atoms with Gasteiger partial charge in [-0.25, -0.2) is 9.59 Å². The molecular weight excluding hydrogens is 200 g/mol. The van der Waals surface area contributed by atoms with Gasteiger partial charge in [0.15, 0.2) is 0 Å². The molecule has 0 aromatic rings. The molecule has 1 rings (SSSR count). The molecule has 2 amide bonds. The minimum Gasteiger partial charge on any atom is -0.465 e. The Morgan fingerprint density at radius 1 is 1.33 bits per heavy atom. The first-order chi connectivity index (χ1) is 6.91. The molecule has 6 heteroatoms. The number of nitrogens with one attached hydrogen (secondary N) is 2. The summed E-state index contributed by atoms with van der Waals surface area (Å²) in [5.41, 5.74) is -0.517.